The van der Waals surface area contributed by atoms with Gasteiger partial charge in [-0.2, -0.15) is 0 Å². The number of ether oxygens (including phenoxy) is 3. The fourth-order valence-corrected chi connectivity index (χ4v) is 1.65. The highest BCUT2D eigenvalue weighted by molar-refractivity contribution is 5.87. The van der Waals surface area contributed by atoms with Gasteiger partial charge in [0.2, 0.25) is 0 Å². The zero-order chi connectivity index (χ0) is 9.42. The number of Topliss-reactive ketones (excluding diaryl/α,β-unsaturated/α-hetero) is 1. The molecule has 4 atom stereocenters. The minimum Gasteiger partial charge on any atom is -0.380 e. The molecule has 0 aliphatic carbocycles. The van der Waals surface area contributed by atoms with Crippen LogP contribution in [0.2, 0.25) is 0 Å². The Labute approximate surface area is 75.6 Å². The normalized spacial score (nSPS) is 44.9. The van der Waals surface area contributed by atoms with Gasteiger partial charge in [-0.3, -0.25) is 4.79 Å². The van der Waals surface area contributed by atoms with Gasteiger partial charge in [-0.1, -0.05) is 0 Å². The molecule has 74 valence electrons. The minimum atomic E-state index is -1.21. The van der Waals surface area contributed by atoms with Crippen LogP contribution in [0.25, 0.3) is 0 Å². The van der Waals surface area contributed by atoms with Crippen LogP contribution >= 0.6 is 0 Å². The molecule has 5 nitrogen and oxygen atoms in total. The molecule has 2 bridgehead atoms. The molecule has 13 heavy (non-hydrogen) atoms. The predicted octanol–water partition coefficient (Wildman–Crippen LogP) is -0.923. The molecule has 0 saturated carbocycles. The number of aliphatic hydroxyl groups excluding tert-OH is 1. The first-order chi connectivity index (χ1) is 6.22. The second kappa shape index (κ2) is 3.34. The Balaban J connectivity index is 2.16. The summed E-state index contributed by atoms with van der Waals surface area (Å²) in [5, 5.41) is 9.47. The summed E-state index contributed by atoms with van der Waals surface area (Å²) < 4.78 is 15.3. The lowest BCUT2D eigenvalue weighted by molar-refractivity contribution is -0.157. The van der Waals surface area contributed by atoms with Crippen LogP contribution in [0.5, 0.6) is 0 Å². The SMILES string of the molecule is CO[C@@H]1C[C@H]2CO[C@H](O2)[C@@H](O)C1=[18O]. The number of hydrogen-bond donors (Lipinski definition) is 1. The van der Waals surface area contributed by atoms with Crippen molar-refractivity contribution < 1.29 is 24.1 Å². The second-order valence-electron chi connectivity index (χ2n) is 3.27. The number of carbonyl (C=O) groups is 1. The van der Waals surface area contributed by atoms with Gasteiger partial charge in [0.1, 0.15) is 6.10 Å². The summed E-state index contributed by atoms with van der Waals surface area (Å²) in [6.07, 6.45) is -2.23. The number of aliphatic hydroxyl groups is 1. The van der Waals surface area contributed by atoms with Gasteiger partial charge in [0.05, 0.1) is 12.7 Å². The Morgan fingerprint density at radius 3 is 3.08 bits per heavy atom. The van der Waals surface area contributed by atoms with E-state index in [0.29, 0.717) is 13.0 Å². The van der Waals surface area contributed by atoms with E-state index in [-0.39, 0.29) is 11.9 Å². The number of hydrogen-bond acceptors (Lipinski definition) is 5. The van der Waals surface area contributed by atoms with Crippen molar-refractivity contribution in [1.82, 2.24) is 0 Å². The van der Waals surface area contributed by atoms with Crippen molar-refractivity contribution in [3.05, 3.63) is 0 Å². The molecule has 0 aromatic carbocycles. The van der Waals surface area contributed by atoms with Gasteiger partial charge in [0.15, 0.2) is 18.2 Å². The Hall–Kier alpha value is -0.490. The van der Waals surface area contributed by atoms with Gasteiger partial charge in [0.25, 0.3) is 0 Å². The van der Waals surface area contributed by atoms with Crippen molar-refractivity contribution in [3.8, 4) is 0 Å². The lowest BCUT2D eigenvalue weighted by Gasteiger charge is -2.18. The predicted molar refractivity (Wildman–Crippen MR) is 41.0 cm³/mol. The molecule has 0 aromatic rings. The third-order valence-corrected chi connectivity index (χ3v) is 2.40. The van der Waals surface area contributed by atoms with Crippen LogP contribution in [-0.2, 0) is 19.0 Å². The van der Waals surface area contributed by atoms with E-state index in [9.17, 15) is 9.90 Å². The fourth-order valence-electron chi connectivity index (χ4n) is 1.65. The smallest absolute Gasteiger partial charge is 0.195 e. The highest BCUT2D eigenvalue weighted by atomic mass is 18.1. The molecule has 2 saturated heterocycles. The third-order valence-electron chi connectivity index (χ3n) is 2.40. The summed E-state index contributed by atoms with van der Waals surface area (Å²) in [6, 6.07) is 0. The average Bonchev–Trinajstić information content (AvgIpc) is 2.55. The first-order valence-corrected chi connectivity index (χ1v) is 4.24. The van der Waals surface area contributed by atoms with Crippen LogP contribution in [0.1, 0.15) is 6.42 Å². The quantitative estimate of drug-likeness (QED) is 0.541. The monoisotopic (exact) mass is 190 g/mol. The van der Waals surface area contributed by atoms with E-state index >= 15 is 0 Å². The molecule has 2 rings (SSSR count). The number of fused-ring (bicyclic) bond motifs is 2. The van der Waals surface area contributed by atoms with Gasteiger partial charge in [-0.05, 0) is 0 Å². The lowest BCUT2D eigenvalue weighted by atomic mass is 10.1. The lowest BCUT2D eigenvalue weighted by Crippen LogP contribution is -2.40. The van der Waals surface area contributed by atoms with Crippen molar-refractivity contribution in [1.29, 1.82) is 0 Å². The fraction of sp³-hybridized carbons (Fsp3) is 0.875. The third kappa shape index (κ3) is 1.48. The highest BCUT2D eigenvalue weighted by Crippen LogP contribution is 2.25. The van der Waals surface area contributed by atoms with Crippen LogP contribution in [0, 0.1) is 0 Å². The summed E-state index contributed by atoms with van der Waals surface area (Å²) in [4.78, 5) is 11.4. The molecule has 0 radical (unpaired) electrons. The van der Waals surface area contributed by atoms with E-state index in [1.807, 2.05) is 0 Å². The summed E-state index contributed by atoms with van der Waals surface area (Å²) in [5.41, 5.74) is 0. The molecular formula is C8H12O5. The summed E-state index contributed by atoms with van der Waals surface area (Å²) >= 11 is 0. The Bertz CT molecular complexity index is 213. The Kier molecular flexibility index (Phi) is 2.33. The van der Waals surface area contributed by atoms with E-state index in [1.54, 1.807) is 0 Å². The summed E-state index contributed by atoms with van der Waals surface area (Å²) in [6.45, 7) is 0.425. The number of carbonyl (C=O) groups excluding carboxylic acids is 1. The number of rotatable bonds is 1. The Morgan fingerprint density at radius 1 is 1.62 bits per heavy atom. The Morgan fingerprint density at radius 2 is 2.38 bits per heavy atom. The zero-order valence-corrected chi connectivity index (χ0v) is 7.30. The van der Waals surface area contributed by atoms with Crippen LogP contribution < -0.4 is 0 Å². The minimum absolute atomic E-state index is 0.129. The maximum atomic E-state index is 11.4. The van der Waals surface area contributed by atoms with E-state index < -0.39 is 18.5 Å². The standard InChI is InChI=1S/C8H12O5/c1-11-5-2-4-3-12-8(13-4)7(10)6(5)9/h4-5,7-8,10H,2-3H2,1H3/t4-,5+,7-,8+/m0/s1/i9+2. The van der Waals surface area contributed by atoms with Crippen LogP contribution in [0.3, 0.4) is 0 Å². The summed E-state index contributed by atoms with van der Waals surface area (Å²) in [7, 11) is 1.45. The van der Waals surface area contributed by atoms with Gasteiger partial charge >= 0.3 is 0 Å². The van der Waals surface area contributed by atoms with E-state index in [2.05, 4.69) is 0 Å². The second-order valence-corrected chi connectivity index (χ2v) is 3.27. The first-order valence-electron chi connectivity index (χ1n) is 4.24. The molecule has 0 amide bonds. The number of ketones is 1. The average molecular weight is 190 g/mol. The van der Waals surface area contributed by atoms with Gasteiger partial charge in [-0.25, -0.2) is 0 Å². The van der Waals surface area contributed by atoms with Crippen molar-refractivity contribution in [2.45, 2.75) is 31.0 Å². The van der Waals surface area contributed by atoms with E-state index in [1.165, 1.54) is 7.11 Å². The van der Waals surface area contributed by atoms with Crippen molar-refractivity contribution in [2.75, 3.05) is 13.7 Å². The van der Waals surface area contributed by atoms with Crippen LogP contribution in [0.4, 0.5) is 0 Å². The summed E-state index contributed by atoms with van der Waals surface area (Å²) in [5.74, 6) is -0.352. The van der Waals surface area contributed by atoms with Crippen LogP contribution in [0.15, 0.2) is 0 Å². The maximum Gasteiger partial charge on any atom is 0.195 e. The van der Waals surface area contributed by atoms with Gasteiger partial charge in [0, 0.05) is 13.5 Å². The molecule has 0 unspecified atom stereocenters. The van der Waals surface area contributed by atoms with Gasteiger partial charge < -0.3 is 19.3 Å². The topological polar surface area (TPSA) is 65.0 Å². The number of methoxy groups -OCH3 is 1. The molecule has 5 heteroatoms. The highest BCUT2D eigenvalue weighted by Gasteiger charge is 2.44. The van der Waals surface area contributed by atoms with E-state index in [4.69, 9.17) is 14.2 Å². The maximum absolute atomic E-state index is 11.4. The largest absolute Gasteiger partial charge is 0.380 e. The molecule has 2 heterocycles. The molecule has 0 aromatic heterocycles. The molecule has 0 spiro atoms. The van der Waals surface area contributed by atoms with E-state index in [0.717, 1.165) is 0 Å². The zero-order valence-electron chi connectivity index (χ0n) is 7.30. The first kappa shape index (κ1) is 9.08. The molecular weight excluding hydrogens is 178 g/mol. The van der Waals surface area contributed by atoms with Crippen molar-refractivity contribution in [3.63, 3.8) is 0 Å². The van der Waals surface area contributed by atoms with Crippen molar-refractivity contribution in [2.24, 2.45) is 0 Å². The van der Waals surface area contributed by atoms with Crippen molar-refractivity contribution >= 4 is 5.78 Å². The molecule has 2 fully saturated rings. The van der Waals surface area contributed by atoms with Crippen LogP contribution in [-0.4, -0.2) is 49.2 Å². The molecule has 2 aliphatic heterocycles. The van der Waals surface area contributed by atoms with Gasteiger partial charge in [-0.15, -0.1) is 0 Å². The molecule has 2 aliphatic rings. The molecule has 1 N–H and O–H groups in total.